The minimum Gasteiger partial charge on any atom is -0.465 e. The summed E-state index contributed by atoms with van der Waals surface area (Å²) in [5.74, 6) is -0.299. The molecule has 112 valence electrons. The second-order valence-electron chi connectivity index (χ2n) is 4.60. The van der Waals surface area contributed by atoms with Crippen molar-refractivity contribution in [3.05, 3.63) is 11.1 Å². The standard InChI is InChI=1S/C12H20N4O3S/c1-4-19-9(17)12(2,3)8-7-20-11(16-8)15-6-5-14-10(13)18/h7H,4-6H2,1-3H3,(H,15,16)(H3,13,14,18). The van der Waals surface area contributed by atoms with Crippen molar-refractivity contribution in [1.82, 2.24) is 10.3 Å². The highest BCUT2D eigenvalue weighted by Crippen LogP contribution is 2.28. The first-order valence-corrected chi connectivity index (χ1v) is 7.16. The third kappa shape index (κ3) is 4.37. The normalized spacial score (nSPS) is 10.9. The van der Waals surface area contributed by atoms with Crippen LogP contribution in [0.4, 0.5) is 9.93 Å². The molecule has 0 spiro atoms. The summed E-state index contributed by atoms with van der Waals surface area (Å²) in [5, 5.41) is 8.02. The van der Waals surface area contributed by atoms with Gasteiger partial charge in [-0.15, -0.1) is 11.3 Å². The van der Waals surface area contributed by atoms with Crippen LogP contribution in [0.5, 0.6) is 0 Å². The lowest BCUT2D eigenvalue weighted by atomic mass is 9.90. The third-order valence-corrected chi connectivity index (χ3v) is 3.43. The van der Waals surface area contributed by atoms with Crippen LogP contribution in [0, 0.1) is 0 Å². The summed E-state index contributed by atoms with van der Waals surface area (Å²) in [5.41, 5.74) is 4.83. The van der Waals surface area contributed by atoms with Gasteiger partial charge in [-0.3, -0.25) is 4.79 Å². The molecule has 0 aliphatic heterocycles. The van der Waals surface area contributed by atoms with Gasteiger partial charge in [0.05, 0.1) is 12.3 Å². The Bertz CT molecular complexity index is 473. The molecule has 4 N–H and O–H groups in total. The molecule has 0 atom stereocenters. The van der Waals surface area contributed by atoms with Gasteiger partial charge in [0.1, 0.15) is 5.41 Å². The van der Waals surface area contributed by atoms with Crippen LogP contribution < -0.4 is 16.4 Å². The zero-order valence-electron chi connectivity index (χ0n) is 11.9. The number of hydrogen-bond donors (Lipinski definition) is 3. The number of nitrogens with one attached hydrogen (secondary N) is 2. The van der Waals surface area contributed by atoms with Crippen LogP contribution in [0.25, 0.3) is 0 Å². The first-order valence-electron chi connectivity index (χ1n) is 6.28. The van der Waals surface area contributed by atoms with Gasteiger partial charge in [-0.05, 0) is 20.8 Å². The van der Waals surface area contributed by atoms with Crippen LogP contribution in [-0.4, -0.2) is 36.7 Å². The third-order valence-electron chi connectivity index (χ3n) is 2.63. The minimum atomic E-state index is -0.780. The Hall–Kier alpha value is -1.83. The average Bonchev–Trinajstić information content (AvgIpc) is 2.84. The van der Waals surface area contributed by atoms with Gasteiger partial charge in [0.15, 0.2) is 5.13 Å². The maximum absolute atomic E-state index is 11.9. The van der Waals surface area contributed by atoms with Gasteiger partial charge in [-0.1, -0.05) is 0 Å². The van der Waals surface area contributed by atoms with Crippen LogP contribution in [0.15, 0.2) is 5.38 Å². The second kappa shape index (κ2) is 7.09. The van der Waals surface area contributed by atoms with Crippen molar-refractivity contribution in [2.24, 2.45) is 5.73 Å². The summed E-state index contributed by atoms with van der Waals surface area (Å²) in [6, 6.07) is -0.560. The summed E-state index contributed by atoms with van der Waals surface area (Å²) in [6.07, 6.45) is 0. The number of ether oxygens (including phenoxy) is 1. The van der Waals surface area contributed by atoms with Crippen molar-refractivity contribution in [3.8, 4) is 0 Å². The lowest BCUT2D eigenvalue weighted by Gasteiger charge is -2.19. The van der Waals surface area contributed by atoms with Gasteiger partial charge in [-0.25, -0.2) is 9.78 Å². The molecule has 8 heteroatoms. The maximum Gasteiger partial charge on any atom is 0.317 e. The van der Waals surface area contributed by atoms with Crippen LogP contribution >= 0.6 is 11.3 Å². The Morgan fingerprint density at radius 1 is 1.45 bits per heavy atom. The SMILES string of the molecule is CCOC(=O)C(C)(C)c1csc(NCCNC(N)=O)n1. The van der Waals surface area contributed by atoms with E-state index in [1.807, 2.05) is 5.38 Å². The van der Waals surface area contributed by atoms with E-state index >= 15 is 0 Å². The number of urea groups is 1. The Labute approximate surface area is 121 Å². The molecule has 0 bridgehead atoms. The zero-order valence-corrected chi connectivity index (χ0v) is 12.7. The van der Waals surface area contributed by atoms with Gasteiger partial charge in [0.25, 0.3) is 0 Å². The van der Waals surface area contributed by atoms with E-state index in [2.05, 4.69) is 15.6 Å². The van der Waals surface area contributed by atoms with Crippen LogP contribution in [-0.2, 0) is 14.9 Å². The van der Waals surface area contributed by atoms with Gasteiger partial charge in [0.2, 0.25) is 0 Å². The van der Waals surface area contributed by atoms with E-state index in [9.17, 15) is 9.59 Å². The van der Waals surface area contributed by atoms with Crippen LogP contribution in [0.2, 0.25) is 0 Å². The van der Waals surface area contributed by atoms with Crippen molar-refractivity contribution in [1.29, 1.82) is 0 Å². The molecule has 2 amide bonds. The number of nitrogens with two attached hydrogens (primary N) is 1. The summed E-state index contributed by atoms with van der Waals surface area (Å²) in [6.45, 7) is 6.59. The molecule has 0 saturated heterocycles. The van der Waals surface area contributed by atoms with Gasteiger partial charge in [-0.2, -0.15) is 0 Å². The number of nitrogens with zero attached hydrogens (tertiary/aromatic N) is 1. The summed E-state index contributed by atoms with van der Waals surface area (Å²) in [7, 11) is 0. The van der Waals surface area contributed by atoms with Crippen molar-refractivity contribution in [2.45, 2.75) is 26.2 Å². The predicted octanol–water partition coefficient (Wildman–Crippen LogP) is 1.06. The molecule has 1 rings (SSSR count). The molecule has 20 heavy (non-hydrogen) atoms. The van der Waals surface area contributed by atoms with Crippen LogP contribution in [0.1, 0.15) is 26.5 Å². The molecule has 7 nitrogen and oxygen atoms in total. The number of hydrogen-bond acceptors (Lipinski definition) is 6. The van der Waals surface area contributed by atoms with E-state index in [0.29, 0.717) is 30.5 Å². The Morgan fingerprint density at radius 3 is 2.75 bits per heavy atom. The molecule has 0 radical (unpaired) electrons. The highest BCUT2D eigenvalue weighted by Gasteiger charge is 2.33. The summed E-state index contributed by atoms with van der Waals surface area (Å²) in [4.78, 5) is 26.7. The first-order chi connectivity index (χ1) is 9.37. The number of primary amides is 1. The summed E-state index contributed by atoms with van der Waals surface area (Å²) >= 11 is 1.40. The van der Waals surface area contributed by atoms with Gasteiger partial charge >= 0.3 is 12.0 Å². The van der Waals surface area contributed by atoms with Gasteiger partial charge in [0, 0.05) is 18.5 Å². The molecule has 0 fully saturated rings. The van der Waals surface area contributed by atoms with E-state index in [4.69, 9.17) is 10.5 Å². The van der Waals surface area contributed by atoms with E-state index < -0.39 is 11.4 Å². The number of thiazole rings is 1. The molecular formula is C12H20N4O3S. The Kier molecular flexibility index (Phi) is 5.75. The lowest BCUT2D eigenvalue weighted by molar-refractivity contribution is -0.148. The molecule has 1 heterocycles. The van der Waals surface area contributed by atoms with E-state index in [0.717, 1.165) is 0 Å². The quantitative estimate of drug-likeness (QED) is 0.516. The van der Waals surface area contributed by atoms with E-state index in [-0.39, 0.29) is 5.97 Å². The number of carbonyl (C=O) groups is 2. The number of rotatable bonds is 7. The first kappa shape index (κ1) is 16.2. The maximum atomic E-state index is 11.9. The Morgan fingerprint density at radius 2 is 2.15 bits per heavy atom. The van der Waals surface area contributed by atoms with E-state index in [1.165, 1.54) is 11.3 Å². The highest BCUT2D eigenvalue weighted by molar-refractivity contribution is 7.13. The fourth-order valence-electron chi connectivity index (χ4n) is 1.41. The molecular weight excluding hydrogens is 280 g/mol. The second-order valence-corrected chi connectivity index (χ2v) is 5.46. The predicted molar refractivity (Wildman–Crippen MR) is 77.8 cm³/mol. The number of esters is 1. The summed E-state index contributed by atoms with van der Waals surface area (Å²) < 4.78 is 5.04. The largest absolute Gasteiger partial charge is 0.465 e. The molecule has 0 aliphatic carbocycles. The highest BCUT2D eigenvalue weighted by atomic mass is 32.1. The topological polar surface area (TPSA) is 106 Å². The smallest absolute Gasteiger partial charge is 0.317 e. The van der Waals surface area contributed by atoms with E-state index in [1.54, 1.807) is 20.8 Å². The van der Waals surface area contributed by atoms with Gasteiger partial charge < -0.3 is 21.1 Å². The Balaban J connectivity index is 2.58. The monoisotopic (exact) mass is 300 g/mol. The molecule has 1 aromatic rings. The number of amides is 2. The zero-order chi connectivity index (χ0) is 15.2. The number of aromatic nitrogens is 1. The average molecular weight is 300 g/mol. The lowest BCUT2D eigenvalue weighted by Crippen LogP contribution is -2.33. The molecule has 0 aromatic carbocycles. The van der Waals surface area contributed by atoms with Crippen molar-refractivity contribution in [3.63, 3.8) is 0 Å². The molecule has 0 unspecified atom stereocenters. The van der Waals surface area contributed by atoms with Crippen LogP contribution in [0.3, 0.4) is 0 Å². The van der Waals surface area contributed by atoms with Crippen molar-refractivity contribution >= 4 is 28.5 Å². The number of carbonyl (C=O) groups excluding carboxylic acids is 2. The van der Waals surface area contributed by atoms with Crippen molar-refractivity contribution < 1.29 is 14.3 Å². The molecule has 1 aromatic heterocycles. The fourth-order valence-corrected chi connectivity index (χ4v) is 2.32. The molecule has 0 saturated carbocycles. The number of anilines is 1. The van der Waals surface area contributed by atoms with Crippen molar-refractivity contribution in [2.75, 3.05) is 25.0 Å². The fraction of sp³-hybridized carbons (Fsp3) is 0.583. The molecule has 0 aliphatic rings. The minimum absolute atomic E-state index is 0.299.